The van der Waals surface area contributed by atoms with Gasteiger partial charge in [-0.05, 0) is 42.8 Å². The van der Waals surface area contributed by atoms with Crippen LogP contribution in [0.4, 0.5) is 0 Å². The Morgan fingerprint density at radius 2 is 1.70 bits per heavy atom. The minimum absolute atomic E-state index is 0.234. The number of nitrogens with zero attached hydrogens (tertiary/aromatic N) is 5. The lowest BCUT2D eigenvalue weighted by atomic mass is 10.1. The van der Waals surface area contributed by atoms with Gasteiger partial charge in [0.2, 0.25) is 0 Å². The molecule has 0 atom stereocenters. The molecule has 0 aliphatic rings. The fourth-order valence-corrected chi connectivity index (χ4v) is 2.77. The molecule has 3 aromatic heterocycles. The lowest BCUT2D eigenvalue weighted by Gasteiger charge is -2.07. The van der Waals surface area contributed by atoms with Crippen molar-refractivity contribution >= 4 is 5.97 Å². The highest BCUT2D eigenvalue weighted by atomic mass is 16.4. The molecule has 0 saturated heterocycles. The van der Waals surface area contributed by atoms with E-state index in [2.05, 4.69) is 20.3 Å². The average molecular weight is 357 g/mol. The predicted molar refractivity (Wildman–Crippen MR) is 99.5 cm³/mol. The first-order valence-electron chi connectivity index (χ1n) is 8.25. The molecule has 7 nitrogen and oxygen atoms in total. The van der Waals surface area contributed by atoms with Gasteiger partial charge in [-0.25, -0.2) is 9.48 Å². The van der Waals surface area contributed by atoms with E-state index in [1.165, 1.54) is 0 Å². The van der Waals surface area contributed by atoms with Crippen molar-refractivity contribution in [1.29, 1.82) is 0 Å². The number of hydrogen-bond acceptors (Lipinski definition) is 5. The summed E-state index contributed by atoms with van der Waals surface area (Å²) in [5, 5.41) is 17.4. The molecule has 0 unspecified atom stereocenters. The first-order chi connectivity index (χ1) is 13.1. The summed E-state index contributed by atoms with van der Waals surface area (Å²) in [6.45, 7) is 1.99. The Kier molecular flexibility index (Phi) is 4.18. The minimum atomic E-state index is -0.957. The van der Waals surface area contributed by atoms with Crippen molar-refractivity contribution in [3.05, 3.63) is 78.4 Å². The van der Waals surface area contributed by atoms with E-state index < -0.39 is 5.97 Å². The second kappa shape index (κ2) is 6.80. The minimum Gasteiger partial charge on any atom is -0.478 e. The van der Waals surface area contributed by atoms with E-state index in [9.17, 15) is 4.79 Å². The van der Waals surface area contributed by atoms with Gasteiger partial charge in [-0.1, -0.05) is 17.3 Å². The van der Waals surface area contributed by atoms with Crippen LogP contribution in [0.15, 0.2) is 67.3 Å². The standard InChI is InChI=1S/C20H15N5O2/c1-13-10-17(15-6-8-21-9-7-15)22-11-19(13)25-12-18(23-24-25)14-2-4-16(5-3-14)20(26)27/h2-12H,1H3,(H,26,27). The Morgan fingerprint density at radius 1 is 1.00 bits per heavy atom. The van der Waals surface area contributed by atoms with Crippen LogP contribution in [0.3, 0.4) is 0 Å². The first kappa shape index (κ1) is 16.6. The van der Waals surface area contributed by atoms with Crippen LogP contribution >= 0.6 is 0 Å². The van der Waals surface area contributed by atoms with E-state index in [0.29, 0.717) is 5.69 Å². The molecule has 4 aromatic rings. The van der Waals surface area contributed by atoms with Crippen molar-refractivity contribution in [2.45, 2.75) is 6.92 Å². The van der Waals surface area contributed by atoms with E-state index in [-0.39, 0.29) is 5.56 Å². The van der Waals surface area contributed by atoms with E-state index in [0.717, 1.165) is 28.1 Å². The third kappa shape index (κ3) is 3.30. The Balaban J connectivity index is 1.64. The van der Waals surface area contributed by atoms with Crippen molar-refractivity contribution in [3.63, 3.8) is 0 Å². The number of pyridine rings is 2. The normalized spacial score (nSPS) is 10.7. The van der Waals surface area contributed by atoms with E-state index >= 15 is 0 Å². The van der Waals surface area contributed by atoms with Gasteiger partial charge in [-0.2, -0.15) is 0 Å². The molecule has 0 spiro atoms. The molecular weight excluding hydrogens is 342 g/mol. The molecule has 1 N–H and O–H groups in total. The molecule has 0 aliphatic heterocycles. The summed E-state index contributed by atoms with van der Waals surface area (Å²) in [7, 11) is 0. The topological polar surface area (TPSA) is 93.8 Å². The molecule has 27 heavy (non-hydrogen) atoms. The van der Waals surface area contributed by atoms with Crippen LogP contribution in [-0.2, 0) is 0 Å². The molecule has 0 aliphatic carbocycles. The molecule has 0 bridgehead atoms. The van der Waals surface area contributed by atoms with E-state index in [1.54, 1.807) is 53.7 Å². The summed E-state index contributed by atoms with van der Waals surface area (Å²) >= 11 is 0. The smallest absolute Gasteiger partial charge is 0.335 e. The third-order valence-electron chi connectivity index (χ3n) is 4.23. The number of hydrogen-bond donors (Lipinski definition) is 1. The quantitative estimate of drug-likeness (QED) is 0.602. The van der Waals surface area contributed by atoms with Gasteiger partial charge in [0.15, 0.2) is 0 Å². The number of rotatable bonds is 4. The van der Waals surface area contributed by atoms with Gasteiger partial charge >= 0.3 is 5.97 Å². The highest BCUT2D eigenvalue weighted by Crippen LogP contribution is 2.23. The lowest BCUT2D eigenvalue weighted by Crippen LogP contribution is -2.00. The van der Waals surface area contributed by atoms with Crippen molar-refractivity contribution < 1.29 is 9.90 Å². The van der Waals surface area contributed by atoms with Gasteiger partial charge < -0.3 is 5.11 Å². The van der Waals surface area contributed by atoms with Gasteiger partial charge in [0, 0.05) is 23.5 Å². The second-order valence-electron chi connectivity index (χ2n) is 6.02. The number of carbonyl (C=O) groups is 1. The fraction of sp³-hybridized carbons (Fsp3) is 0.0500. The number of carboxylic acids is 1. The molecule has 0 amide bonds. The van der Waals surface area contributed by atoms with Gasteiger partial charge in [0.25, 0.3) is 0 Å². The summed E-state index contributed by atoms with van der Waals surface area (Å²) in [4.78, 5) is 19.5. The van der Waals surface area contributed by atoms with Crippen LogP contribution < -0.4 is 0 Å². The van der Waals surface area contributed by atoms with E-state index in [1.807, 2.05) is 25.1 Å². The summed E-state index contributed by atoms with van der Waals surface area (Å²) < 4.78 is 1.67. The van der Waals surface area contributed by atoms with Crippen LogP contribution in [0.25, 0.3) is 28.2 Å². The molecule has 4 rings (SSSR count). The van der Waals surface area contributed by atoms with Gasteiger partial charge in [0.1, 0.15) is 5.69 Å². The maximum absolute atomic E-state index is 11.0. The Labute approximate surface area is 155 Å². The van der Waals surface area contributed by atoms with E-state index in [4.69, 9.17) is 5.11 Å². The molecule has 0 radical (unpaired) electrons. The largest absolute Gasteiger partial charge is 0.478 e. The Morgan fingerprint density at radius 3 is 2.37 bits per heavy atom. The maximum Gasteiger partial charge on any atom is 0.335 e. The predicted octanol–water partition coefficient (Wildman–Crippen LogP) is 3.40. The molecule has 0 fully saturated rings. The number of benzene rings is 1. The summed E-state index contributed by atoms with van der Waals surface area (Å²) in [5.41, 5.74) is 5.39. The van der Waals surface area contributed by atoms with Crippen LogP contribution in [-0.4, -0.2) is 36.0 Å². The highest BCUT2D eigenvalue weighted by Gasteiger charge is 2.10. The summed E-state index contributed by atoms with van der Waals surface area (Å²) in [5.74, 6) is -0.957. The number of aromatic nitrogens is 5. The molecule has 1 aromatic carbocycles. The number of aryl methyl sites for hydroxylation is 1. The van der Waals surface area contributed by atoms with Gasteiger partial charge in [-0.3, -0.25) is 9.97 Å². The molecular formula is C20H15N5O2. The zero-order valence-electron chi connectivity index (χ0n) is 14.4. The molecule has 7 heteroatoms. The number of carboxylic acid groups (broad SMARTS) is 1. The lowest BCUT2D eigenvalue weighted by molar-refractivity contribution is 0.0697. The van der Waals surface area contributed by atoms with Crippen LogP contribution in [0.5, 0.6) is 0 Å². The first-order valence-corrected chi connectivity index (χ1v) is 8.25. The second-order valence-corrected chi connectivity index (χ2v) is 6.02. The number of aromatic carboxylic acids is 1. The van der Waals surface area contributed by atoms with Gasteiger partial charge in [0.05, 0.1) is 29.3 Å². The molecule has 3 heterocycles. The monoisotopic (exact) mass is 357 g/mol. The van der Waals surface area contributed by atoms with Crippen LogP contribution in [0, 0.1) is 6.92 Å². The van der Waals surface area contributed by atoms with Crippen molar-refractivity contribution in [2.75, 3.05) is 0 Å². The fourth-order valence-electron chi connectivity index (χ4n) is 2.77. The summed E-state index contributed by atoms with van der Waals surface area (Å²) in [6, 6.07) is 12.4. The molecule has 0 saturated carbocycles. The zero-order valence-corrected chi connectivity index (χ0v) is 14.4. The van der Waals surface area contributed by atoms with Crippen molar-refractivity contribution in [2.24, 2.45) is 0 Å². The van der Waals surface area contributed by atoms with Crippen LogP contribution in [0.1, 0.15) is 15.9 Å². The zero-order chi connectivity index (χ0) is 18.8. The average Bonchev–Trinajstić information content (AvgIpc) is 3.18. The third-order valence-corrected chi connectivity index (χ3v) is 4.23. The van der Waals surface area contributed by atoms with Crippen molar-refractivity contribution in [3.8, 4) is 28.2 Å². The highest BCUT2D eigenvalue weighted by molar-refractivity contribution is 5.88. The Hall–Kier alpha value is -3.87. The maximum atomic E-state index is 11.0. The summed E-state index contributed by atoms with van der Waals surface area (Å²) in [6.07, 6.45) is 7.03. The van der Waals surface area contributed by atoms with Crippen LogP contribution in [0.2, 0.25) is 0 Å². The molecule has 132 valence electrons. The van der Waals surface area contributed by atoms with Crippen molar-refractivity contribution in [1.82, 2.24) is 25.0 Å². The van der Waals surface area contributed by atoms with Gasteiger partial charge in [-0.15, -0.1) is 5.10 Å². The SMILES string of the molecule is Cc1cc(-c2ccncc2)ncc1-n1cc(-c2ccc(C(=O)O)cc2)nn1. The Bertz CT molecular complexity index is 1100.